The van der Waals surface area contributed by atoms with E-state index in [0.29, 0.717) is 23.5 Å². The normalized spacial score (nSPS) is 16.6. The fourth-order valence-corrected chi connectivity index (χ4v) is 2.63. The third-order valence-electron chi connectivity index (χ3n) is 3.42. The van der Waals surface area contributed by atoms with Crippen LogP contribution in [0, 0.1) is 6.92 Å². The number of epoxide rings is 1. The molecule has 1 atom stereocenters. The molecule has 21 heavy (non-hydrogen) atoms. The summed E-state index contributed by atoms with van der Waals surface area (Å²) in [4.78, 5) is 12.8. The summed E-state index contributed by atoms with van der Waals surface area (Å²) in [5.41, 5.74) is 2.22. The summed E-state index contributed by atoms with van der Waals surface area (Å²) < 4.78 is 11.7. The highest BCUT2D eigenvalue weighted by Gasteiger charge is 2.25. The van der Waals surface area contributed by atoms with Gasteiger partial charge in [-0.25, -0.2) is 0 Å². The second-order valence-corrected chi connectivity index (χ2v) is 5.88. The van der Waals surface area contributed by atoms with Gasteiger partial charge in [0, 0.05) is 5.56 Å². The Kier molecular flexibility index (Phi) is 4.08. The molecule has 0 aromatic heterocycles. The van der Waals surface area contributed by atoms with Crippen LogP contribution < -0.4 is 4.74 Å². The largest absolute Gasteiger partial charge is 0.489 e. The van der Waals surface area contributed by atoms with Crippen LogP contribution in [0.15, 0.2) is 46.9 Å². The van der Waals surface area contributed by atoms with Crippen molar-refractivity contribution in [1.29, 1.82) is 0 Å². The molecule has 3 rings (SSSR count). The molecule has 1 unspecified atom stereocenters. The fraction of sp³-hybridized carbons (Fsp3) is 0.235. The summed E-state index contributed by atoms with van der Waals surface area (Å²) in [6, 6.07) is 13.1. The van der Waals surface area contributed by atoms with Crippen molar-refractivity contribution in [3.05, 3.63) is 63.6 Å². The number of rotatable bonds is 5. The summed E-state index contributed by atoms with van der Waals surface area (Å²) in [7, 11) is 0. The smallest absolute Gasteiger partial charge is 0.197 e. The lowest BCUT2D eigenvalue weighted by molar-refractivity contribution is 0.103. The first-order chi connectivity index (χ1) is 10.2. The SMILES string of the molecule is Cc1ccccc1C(=O)c1cccc(Br)c1OCC1CO1. The molecule has 4 heteroatoms. The summed E-state index contributed by atoms with van der Waals surface area (Å²) in [5, 5.41) is 0. The molecule has 2 aromatic rings. The summed E-state index contributed by atoms with van der Waals surface area (Å²) >= 11 is 3.46. The summed E-state index contributed by atoms with van der Waals surface area (Å²) in [6.07, 6.45) is 0.151. The van der Waals surface area contributed by atoms with E-state index in [-0.39, 0.29) is 11.9 Å². The number of hydrogen-bond donors (Lipinski definition) is 0. The second-order valence-electron chi connectivity index (χ2n) is 5.03. The average Bonchev–Trinajstić information content (AvgIpc) is 3.30. The Morgan fingerprint density at radius 3 is 2.67 bits per heavy atom. The Morgan fingerprint density at radius 2 is 1.95 bits per heavy atom. The number of carbonyl (C=O) groups is 1. The number of ether oxygens (including phenoxy) is 2. The van der Waals surface area contributed by atoms with E-state index in [2.05, 4.69) is 15.9 Å². The highest BCUT2D eigenvalue weighted by atomic mass is 79.9. The molecule has 1 saturated heterocycles. The lowest BCUT2D eigenvalue weighted by Gasteiger charge is -2.13. The minimum absolute atomic E-state index is 0.0267. The minimum Gasteiger partial charge on any atom is -0.489 e. The molecule has 0 N–H and O–H groups in total. The standard InChI is InChI=1S/C17H15BrO3/c1-11-5-2-3-6-13(11)16(19)14-7-4-8-15(18)17(14)21-10-12-9-20-12/h2-8,12H,9-10H2,1H3. The van der Waals surface area contributed by atoms with Crippen molar-refractivity contribution < 1.29 is 14.3 Å². The van der Waals surface area contributed by atoms with Crippen LogP contribution in [0.4, 0.5) is 0 Å². The van der Waals surface area contributed by atoms with Crippen molar-refractivity contribution in [3.63, 3.8) is 0 Å². The Bertz CT molecular complexity index is 677. The predicted octanol–water partition coefficient (Wildman–Crippen LogP) is 3.77. The van der Waals surface area contributed by atoms with Crippen LogP contribution in [-0.4, -0.2) is 25.1 Å². The van der Waals surface area contributed by atoms with Crippen molar-refractivity contribution in [3.8, 4) is 5.75 Å². The molecule has 0 spiro atoms. The lowest BCUT2D eigenvalue weighted by atomic mass is 9.98. The van der Waals surface area contributed by atoms with Crippen LogP contribution in [0.5, 0.6) is 5.75 Å². The first-order valence-corrected chi connectivity index (χ1v) is 7.59. The third-order valence-corrected chi connectivity index (χ3v) is 4.04. The van der Waals surface area contributed by atoms with Crippen molar-refractivity contribution >= 4 is 21.7 Å². The maximum atomic E-state index is 12.8. The third kappa shape index (κ3) is 3.17. The zero-order valence-corrected chi connectivity index (χ0v) is 13.2. The van der Waals surface area contributed by atoms with Gasteiger partial charge >= 0.3 is 0 Å². The van der Waals surface area contributed by atoms with E-state index in [1.165, 1.54) is 0 Å². The monoisotopic (exact) mass is 346 g/mol. The van der Waals surface area contributed by atoms with Gasteiger partial charge in [-0.15, -0.1) is 0 Å². The van der Waals surface area contributed by atoms with E-state index in [9.17, 15) is 4.79 Å². The Hall–Kier alpha value is -1.65. The number of halogens is 1. The Balaban J connectivity index is 1.95. The molecule has 0 aliphatic carbocycles. The highest BCUT2D eigenvalue weighted by Crippen LogP contribution is 2.32. The Labute approximate surface area is 132 Å². The van der Waals surface area contributed by atoms with Gasteiger partial charge in [0.1, 0.15) is 18.5 Å². The van der Waals surface area contributed by atoms with Gasteiger partial charge in [-0.2, -0.15) is 0 Å². The van der Waals surface area contributed by atoms with Crippen LogP contribution in [0.2, 0.25) is 0 Å². The molecule has 0 amide bonds. The zero-order chi connectivity index (χ0) is 14.8. The van der Waals surface area contributed by atoms with Crippen LogP contribution in [0.25, 0.3) is 0 Å². The number of benzene rings is 2. The predicted molar refractivity (Wildman–Crippen MR) is 84.0 cm³/mol. The van der Waals surface area contributed by atoms with Crippen LogP contribution in [0.3, 0.4) is 0 Å². The van der Waals surface area contributed by atoms with E-state index in [4.69, 9.17) is 9.47 Å². The van der Waals surface area contributed by atoms with E-state index >= 15 is 0 Å². The topological polar surface area (TPSA) is 38.8 Å². The Morgan fingerprint density at radius 1 is 1.24 bits per heavy atom. The van der Waals surface area contributed by atoms with E-state index in [1.807, 2.05) is 43.3 Å². The molecule has 0 radical (unpaired) electrons. The lowest BCUT2D eigenvalue weighted by Crippen LogP contribution is -2.10. The van der Waals surface area contributed by atoms with Gasteiger partial charge in [0.05, 0.1) is 16.6 Å². The number of aryl methyl sites for hydroxylation is 1. The van der Waals surface area contributed by atoms with E-state index in [0.717, 1.165) is 16.6 Å². The number of ketones is 1. The molecule has 1 fully saturated rings. The van der Waals surface area contributed by atoms with Crippen LogP contribution in [-0.2, 0) is 4.74 Å². The highest BCUT2D eigenvalue weighted by molar-refractivity contribution is 9.10. The van der Waals surface area contributed by atoms with Crippen molar-refractivity contribution in [2.75, 3.05) is 13.2 Å². The molecule has 108 valence electrons. The molecular weight excluding hydrogens is 332 g/mol. The summed E-state index contributed by atoms with van der Waals surface area (Å²) in [5.74, 6) is 0.558. The minimum atomic E-state index is -0.0267. The van der Waals surface area contributed by atoms with Crippen LogP contribution >= 0.6 is 15.9 Å². The van der Waals surface area contributed by atoms with Gasteiger partial charge in [0.15, 0.2) is 5.78 Å². The first-order valence-electron chi connectivity index (χ1n) is 6.80. The van der Waals surface area contributed by atoms with Crippen LogP contribution in [0.1, 0.15) is 21.5 Å². The molecule has 1 aliphatic rings. The van der Waals surface area contributed by atoms with Gasteiger partial charge in [-0.05, 0) is 40.5 Å². The van der Waals surface area contributed by atoms with Gasteiger partial charge in [0.2, 0.25) is 0 Å². The molecule has 1 aliphatic heterocycles. The summed E-state index contributed by atoms with van der Waals surface area (Å²) in [6.45, 7) is 3.13. The second kappa shape index (κ2) is 6.00. The maximum Gasteiger partial charge on any atom is 0.197 e. The molecule has 1 heterocycles. The van der Waals surface area contributed by atoms with Gasteiger partial charge < -0.3 is 9.47 Å². The van der Waals surface area contributed by atoms with E-state index < -0.39 is 0 Å². The number of para-hydroxylation sites is 1. The molecule has 3 nitrogen and oxygen atoms in total. The molecule has 2 aromatic carbocycles. The van der Waals surface area contributed by atoms with Gasteiger partial charge in [0.25, 0.3) is 0 Å². The molecular formula is C17H15BrO3. The maximum absolute atomic E-state index is 12.8. The van der Waals surface area contributed by atoms with Crippen molar-refractivity contribution in [1.82, 2.24) is 0 Å². The van der Waals surface area contributed by atoms with Crippen molar-refractivity contribution in [2.45, 2.75) is 13.0 Å². The fourth-order valence-electron chi connectivity index (χ4n) is 2.15. The molecule has 0 saturated carbocycles. The van der Waals surface area contributed by atoms with Crippen molar-refractivity contribution in [2.24, 2.45) is 0 Å². The number of hydrogen-bond acceptors (Lipinski definition) is 3. The zero-order valence-electron chi connectivity index (χ0n) is 11.6. The average molecular weight is 347 g/mol. The van der Waals surface area contributed by atoms with Gasteiger partial charge in [-0.1, -0.05) is 30.3 Å². The first kappa shape index (κ1) is 14.3. The number of carbonyl (C=O) groups excluding carboxylic acids is 1. The van der Waals surface area contributed by atoms with E-state index in [1.54, 1.807) is 6.07 Å². The molecule has 0 bridgehead atoms. The van der Waals surface area contributed by atoms with Gasteiger partial charge in [-0.3, -0.25) is 4.79 Å². The quantitative estimate of drug-likeness (QED) is 0.611.